The molecule has 0 aliphatic heterocycles. The molecular weight excluding hydrogens is 335 g/mol. The number of rotatable bonds is 11. The molecule has 0 unspecified atom stereocenters. The third kappa shape index (κ3) is 6.08. The minimum atomic E-state index is -4.32. The first-order valence-corrected chi connectivity index (χ1v) is 8.96. The van der Waals surface area contributed by atoms with Crippen molar-refractivity contribution in [1.82, 2.24) is 4.37 Å². The number of hydrogen-bond donors (Lipinski definition) is 6. The Balaban J connectivity index is 6.04. The zero-order valence-electron chi connectivity index (χ0n) is 11.1. The van der Waals surface area contributed by atoms with Gasteiger partial charge in [-0.3, -0.25) is 0 Å². The number of aliphatic carboxylic acids is 4. The molecular formula is C10H19CoN2O8. The van der Waals surface area contributed by atoms with Gasteiger partial charge in [0.2, 0.25) is 0 Å². The fraction of sp³-hybridized carbons (Fsp3) is 0.600. The summed E-state index contributed by atoms with van der Waals surface area (Å²) < 4.78 is 2.60. The summed E-state index contributed by atoms with van der Waals surface area (Å²) in [7, 11) is 0. The Morgan fingerprint density at radius 3 is 1.24 bits per heavy atom. The van der Waals surface area contributed by atoms with Crippen LogP contribution in [0.15, 0.2) is 0 Å². The Labute approximate surface area is 120 Å². The monoisotopic (exact) mass is 354 g/mol. The summed E-state index contributed by atoms with van der Waals surface area (Å²) >= 11 is -4.32. The summed E-state index contributed by atoms with van der Waals surface area (Å²) in [5.41, 5.74) is 5.29. The van der Waals surface area contributed by atoms with E-state index < -0.39 is 57.1 Å². The van der Waals surface area contributed by atoms with Gasteiger partial charge in [0.1, 0.15) is 0 Å². The fourth-order valence-electron chi connectivity index (χ4n) is 1.76. The van der Waals surface area contributed by atoms with Crippen LogP contribution in [0.5, 0.6) is 0 Å². The van der Waals surface area contributed by atoms with Crippen LogP contribution in [0.3, 0.4) is 0 Å². The zero-order valence-corrected chi connectivity index (χ0v) is 12.1. The van der Waals surface area contributed by atoms with Crippen LogP contribution in [-0.2, 0) is 31.0 Å². The average Bonchev–Trinajstić information content (AvgIpc) is 2.21. The van der Waals surface area contributed by atoms with Crippen LogP contribution in [0.2, 0.25) is 21.4 Å². The van der Waals surface area contributed by atoms with E-state index in [9.17, 15) is 19.2 Å². The second-order valence-electron chi connectivity index (χ2n) is 4.17. The van der Waals surface area contributed by atoms with Crippen LogP contribution in [0, 0.1) is 0 Å². The summed E-state index contributed by atoms with van der Waals surface area (Å²) in [5, 5.41) is 32.7. The number of carbonyl (C=O) groups is 4. The Kier molecular flexibility index (Phi) is 6.76. The molecule has 126 valence electrons. The van der Waals surface area contributed by atoms with Crippen molar-refractivity contribution >= 4 is 23.9 Å². The topological polar surface area (TPSA) is 187 Å². The first kappa shape index (κ1) is 19.3. The van der Waals surface area contributed by atoms with Crippen molar-refractivity contribution in [3.05, 3.63) is 0 Å². The van der Waals surface area contributed by atoms with Gasteiger partial charge in [0.25, 0.3) is 0 Å². The van der Waals surface area contributed by atoms with E-state index in [2.05, 4.69) is 4.37 Å². The van der Waals surface area contributed by atoms with Gasteiger partial charge in [-0.15, -0.1) is 0 Å². The van der Waals surface area contributed by atoms with Crippen LogP contribution in [0.1, 0.15) is 0 Å². The molecule has 0 aromatic rings. The van der Waals surface area contributed by atoms with Gasteiger partial charge >= 0.3 is 120 Å². The van der Waals surface area contributed by atoms with E-state index in [4.69, 9.17) is 26.2 Å². The van der Waals surface area contributed by atoms with E-state index in [1.54, 1.807) is 0 Å². The molecule has 10 nitrogen and oxygen atoms in total. The minimum absolute atomic E-state index is 0.0178. The summed E-state index contributed by atoms with van der Waals surface area (Å²) in [5.74, 6) is -5.83. The number of carboxylic acids is 4. The van der Waals surface area contributed by atoms with E-state index in [1.165, 1.54) is 0 Å². The fourth-order valence-corrected chi connectivity index (χ4v) is 7.25. The van der Waals surface area contributed by atoms with E-state index in [0.717, 1.165) is 0 Å². The van der Waals surface area contributed by atoms with E-state index in [-0.39, 0.29) is 13.1 Å². The molecule has 0 aliphatic rings. The van der Waals surface area contributed by atoms with Gasteiger partial charge in [-0.1, -0.05) is 0 Å². The molecule has 7 N–H and O–H groups in total. The molecule has 21 heavy (non-hydrogen) atoms. The van der Waals surface area contributed by atoms with Crippen LogP contribution in [-0.4, -0.2) is 57.4 Å². The number of carboxylic acid groups (broad SMARTS) is 4. The molecule has 0 aliphatic carbocycles. The van der Waals surface area contributed by atoms with E-state index >= 15 is 0 Å². The first-order chi connectivity index (χ1) is 9.54. The predicted octanol–water partition coefficient (Wildman–Crippen LogP) is -0.849. The van der Waals surface area contributed by atoms with Crippen LogP contribution < -0.4 is 10.1 Å². The van der Waals surface area contributed by atoms with Crippen molar-refractivity contribution in [1.29, 1.82) is 0 Å². The molecule has 0 fully saturated rings. The van der Waals surface area contributed by atoms with E-state index in [1.807, 2.05) is 0 Å². The number of hydrogen-bond acceptors (Lipinski definition) is 6. The first-order valence-electron chi connectivity index (χ1n) is 5.50. The van der Waals surface area contributed by atoms with Crippen LogP contribution >= 0.6 is 0 Å². The summed E-state index contributed by atoms with van der Waals surface area (Å²) in [4.78, 5) is 44.4. The molecule has 0 spiro atoms. The summed E-state index contributed by atoms with van der Waals surface area (Å²) in [6, 6.07) is 0. The van der Waals surface area contributed by atoms with Crippen molar-refractivity contribution in [2.24, 2.45) is 5.73 Å². The van der Waals surface area contributed by atoms with Gasteiger partial charge in [-0.2, -0.15) is 0 Å². The van der Waals surface area contributed by atoms with Crippen LogP contribution in [0.4, 0.5) is 0 Å². The molecule has 11 heteroatoms. The Morgan fingerprint density at radius 1 is 0.762 bits per heavy atom. The van der Waals surface area contributed by atoms with Crippen molar-refractivity contribution < 1.29 is 51.4 Å². The van der Waals surface area contributed by atoms with E-state index in [0.29, 0.717) is 0 Å². The van der Waals surface area contributed by atoms with Gasteiger partial charge in [0.15, 0.2) is 0 Å². The molecule has 0 saturated heterocycles. The van der Waals surface area contributed by atoms with Gasteiger partial charge in [-0.25, -0.2) is 0 Å². The van der Waals surface area contributed by atoms with Crippen molar-refractivity contribution in [3.8, 4) is 0 Å². The van der Waals surface area contributed by atoms with Gasteiger partial charge in [0, 0.05) is 0 Å². The third-order valence-corrected chi connectivity index (χ3v) is 8.62. The van der Waals surface area contributed by atoms with Crippen molar-refractivity contribution in [3.63, 3.8) is 0 Å². The predicted molar refractivity (Wildman–Crippen MR) is 66.8 cm³/mol. The standard InChI is InChI=1S/C2H7N2.4C2H3O2.Co/c3-1-2-4;4*1-2(3)4;/h3H,1-2,4H2;4*1H2,(H,3,4);/q-1;;;;;+1. The SMILES string of the molecule is NCC[NH][Co]([CH2]C(=O)O)([CH2]C(=O)O)([CH2]C(=O)O)[CH2]C(=O)O. The molecule has 0 atom stereocenters. The molecule has 0 aromatic carbocycles. The normalized spacial score (nSPS) is 13.1. The molecule has 0 amide bonds. The Morgan fingerprint density at radius 2 is 1.05 bits per heavy atom. The van der Waals surface area contributed by atoms with Gasteiger partial charge in [-0.05, 0) is 0 Å². The van der Waals surface area contributed by atoms with Crippen molar-refractivity contribution in [2.45, 2.75) is 21.4 Å². The molecule has 0 aromatic heterocycles. The molecule has 0 rings (SSSR count). The molecule has 0 heterocycles. The van der Waals surface area contributed by atoms with Crippen LogP contribution in [0.25, 0.3) is 0 Å². The maximum atomic E-state index is 11.1. The molecule has 0 radical (unpaired) electrons. The Bertz CT molecular complexity index is 377. The number of nitrogens with one attached hydrogen (secondary N) is 1. The van der Waals surface area contributed by atoms with Gasteiger partial charge in [0.05, 0.1) is 0 Å². The molecule has 0 saturated carbocycles. The number of nitrogens with two attached hydrogens (primary N) is 1. The van der Waals surface area contributed by atoms with Crippen molar-refractivity contribution in [2.75, 3.05) is 13.1 Å². The second-order valence-corrected chi connectivity index (χ2v) is 10.6. The molecule has 0 bridgehead atoms. The zero-order chi connectivity index (χ0) is 16.7. The Hall–Kier alpha value is -1.69. The maximum absolute atomic E-state index is 11.1. The quantitative estimate of drug-likeness (QED) is 0.273. The summed E-state index contributed by atoms with van der Waals surface area (Å²) in [6.07, 6.45) is 0. The summed E-state index contributed by atoms with van der Waals surface area (Å²) in [6.45, 7) is -0.0889. The third-order valence-electron chi connectivity index (χ3n) is 2.20. The second kappa shape index (κ2) is 7.35. The van der Waals surface area contributed by atoms with Gasteiger partial charge < -0.3 is 0 Å². The average molecular weight is 354 g/mol.